The lowest BCUT2D eigenvalue weighted by atomic mass is 10.2. The molecule has 0 aliphatic heterocycles. The summed E-state index contributed by atoms with van der Waals surface area (Å²) in [7, 11) is 0. The molecule has 0 aliphatic carbocycles. The molecule has 1 heterocycles. The Hall–Kier alpha value is -2.32. The SMILES string of the molecule is Cc1nn(C(=O)c2ccc(Br)cc2)[n+](NC(=O)c2ccc(Br)cc2)c1C. The van der Waals surface area contributed by atoms with E-state index in [1.807, 2.05) is 0 Å². The molecule has 0 saturated carbocycles. The minimum Gasteiger partial charge on any atom is -0.266 e. The molecule has 1 aromatic heterocycles. The van der Waals surface area contributed by atoms with Gasteiger partial charge in [-0.25, -0.2) is 0 Å². The van der Waals surface area contributed by atoms with E-state index in [-0.39, 0.29) is 11.8 Å². The van der Waals surface area contributed by atoms with Crippen molar-refractivity contribution < 1.29 is 14.4 Å². The molecule has 3 aromatic rings. The maximum atomic E-state index is 12.8. The molecule has 6 nitrogen and oxygen atoms in total. The standard InChI is InChI=1S/C18H14Br2N4O2/c1-11-12(2)23(22-17(25)13-3-7-15(19)8-4-13)24(21-11)18(26)14-5-9-16(20)10-6-14/h3-10H,1-2H3/p+1. The third kappa shape index (κ3) is 3.76. The third-order valence-corrected chi connectivity index (χ3v) is 4.92. The quantitative estimate of drug-likeness (QED) is 0.586. The lowest BCUT2D eigenvalue weighted by molar-refractivity contribution is -0.723. The van der Waals surface area contributed by atoms with E-state index in [0.717, 1.165) is 13.7 Å². The lowest BCUT2D eigenvalue weighted by Crippen LogP contribution is -2.58. The molecule has 0 radical (unpaired) electrons. The van der Waals surface area contributed by atoms with Gasteiger partial charge < -0.3 is 0 Å². The van der Waals surface area contributed by atoms with Crippen LogP contribution in [-0.4, -0.2) is 21.7 Å². The van der Waals surface area contributed by atoms with E-state index in [1.165, 1.54) is 4.79 Å². The minimum absolute atomic E-state index is 0.338. The highest BCUT2D eigenvalue weighted by atomic mass is 79.9. The number of nitrogens with zero attached hydrogens (tertiary/aromatic N) is 3. The average molecular weight is 479 g/mol. The van der Waals surface area contributed by atoms with E-state index in [4.69, 9.17) is 0 Å². The highest BCUT2D eigenvalue weighted by Gasteiger charge is 2.28. The second kappa shape index (κ2) is 7.51. The maximum absolute atomic E-state index is 12.8. The van der Waals surface area contributed by atoms with Gasteiger partial charge in [-0.05, 0) is 53.3 Å². The van der Waals surface area contributed by atoms with Crippen LogP contribution in [0.4, 0.5) is 0 Å². The van der Waals surface area contributed by atoms with Crippen molar-refractivity contribution in [3.05, 3.63) is 80.0 Å². The van der Waals surface area contributed by atoms with Gasteiger partial charge in [0.15, 0.2) is 0 Å². The van der Waals surface area contributed by atoms with Crippen molar-refractivity contribution >= 4 is 43.7 Å². The summed E-state index contributed by atoms with van der Waals surface area (Å²) in [6, 6.07) is 13.9. The number of carbonyl (C=O) groups excluding carboxylic acids is 2. The Kier molecular flexibility index (Phi) is 5.33. The first kappa shape index (κ1) is 18.5. The maximum Gasteiger partial charge on any atom is 0.339 e. The number of hydrogen-bond acceptors (Lipinski definition) is 3. The predicted octanol–water partition coefficient (Wildman–Crippen LogP) is 3.38. The molecule has 1 N–H and O–H groups in total. The number of aryl methyl sites for hydroxylation is 1. The van der Waals surface area contributed by atoms with Gasteiger partial charge in [-0.2, -0.15) is 5.43 Å². The molecule has 0 spiro atoms. The van der Waals surface area contributed by atoms with Crippen molar-refractivity contribution in [1.29, 1.82) is 0 Å². The van der Waals surface area contributed by atoms with Crippen LogP contribution in [0.5, 0.6) is 0 Å². The zero-order valence-corrected chi connectivity index (χ0v) is 17.2. The Morgan fingerprint density at radius 1 is 0.923 bits per heavy atom. The van der Waals surface area contributed by atoms with E-state index in [0.29, 0.717) is 22.5 Å². The van der Waals surface area contributed by atoms with E-state index in [2.05, 4.69) is 42.4 Å². The zero-order valence-electron chi connectivity index (χ0n) is 14.0. The number of carbonyl (C=O) groups is 2. The average Bonchev–Trinajstić information content (AvgIpc) is 2.90. The topological polar surface area (TPSA) is 67.9 Å². The molecule has 132 valence electrons. The third-order valence-electron chi connectivity index (χ3n) is 3.86. The first-order valence-electron chi connectivity index (χ1n) is 7.72. The van der Waals surface area contributed by atoms with Gasteiger partial charge in [0.05, 0.1) is 9.90 Å². The predicted molar refractivity (Wildman–Crippen MR) is 104 cm³/mol. The highest BCUT2D eigenvalue weighted by molar-refractivity contribution is 9.10. The van der Waals surface area contributed by atoms with Gasteiger partial charge in [0.1, 0.15) is 0 Å². The minimum atomic E-state index is -0.343. The first-order chi connectivity index (χ1) is 12.4. The summed E-state index contributed by atoms with van der Waals surface area (Å²) in [5, 5.41) is 4.27. The fourth-order valence-corrected chi connectivity index (χ4v) is 2.82. The number of hydrogen-bond donors (Lipinski definition) is 1. The number of aromatic nitrogens is 3. The number of halogens is 2. The molecule has 0 atom stereocenters. The van der Waals surface area contributed by atoms with E-state index >= 15 is 0 Å². The van der Waals surface area contributed by atoms with Crippen LogP contribution in [0.25, 0.3) is 0 Å². The fraction of sp³-hybridized carbons (Fsp3) is 0.111. The molecular weight excluding hydrogens is 464 g/mol. The van der Waals surface area contributed by atoms with Crippen LogP contribution in [-0.2, 0) is 0 Å². The lowest BCUT2D eigenvalue weighted by Gasteiger charge is -2.05. The Morgan fingerprint density at radius 2 is 1.42 bits per heavy atom. The molecule has 2 aromatic carbocycles. The van der Waals surface area contributed by atoms with Crippen LogP contribution >= 0.6 is 31.9 Å². The zero-order chi connectivity index (χ0) is 18.8. The normalized spacial score (nSPS) is 10.6. The molecule has 26 heavy (non-hydrogen) atoms. The van der Waals surface area contributed by atoms with Crippen LogP contribution < -0.4 is 10.2 Å². The van der Waals surface area contributed by atoms with Gasteiger partial charge in [-0.3, -0.25) is 9.59 Å². The van der Waals surface area contributed by atoms with Crippen molar-refractivity contribution in [2.45, 2.75) is 13.8 Å². The van der Waals surface area contributed by atoms with Crippen LogP contribution in [0.2, 0.25) is 0 Å². The van der Waals surface area contributed by atoms with Crippen molar-refractivity contribution in [2.24, 2.45) is 0 Å². The van der Waals surface area contributed by atoms with Crippen LogP contribution in [0.15, 0.2) is 57.5 Å². The van der Waals surface area contributed by atoms with Crippen molar-refractivity contribution in [1.82, 2.24) is 9.90 Å². The summed E-state index contributed by atoms with van der Waals surface area (Å²) >= 11 is 6.68. The number of nitrogens with one attached hydrogen (secondary N) is 1. The van der Waals surface area contributed by atoms with E-state index in [9.17, 15) is 9.59 Å². The Morgan fingerprint density at radius 3 is 1.96 bits per heavy atom. The summed E-state index contributed by atoms with van der Waals surface area (Å²) in [5.41, 5.74) is 4.98. The monoisotopic (exact) mass is 477 g/mol. The highest BCUT2D eigenvalue weighted by Crippen LogP contribution is 2.12. The Labute approximate surface area is 167 Å². The molecule has 8 heteroatoms. The number of amides is 1. The summed E-state index contributed by atoms with van der Waals surface area (Å²) in [4.78, 5) is 27.9. The van der Waals surface area contributed by atoms with E-state index < -0.39 is 0 Å². The fourth-order valence-electron chi connectivity index (χ4n) is 2.29. The molecule has 3 rings (SSSR count). The second-order valence-corrected chi connectivity index (χ2v) is 7.46. The van der Waals surface area contributed by atoms with Gasteiger partial charge >= 0.3 is 5.91 Å². The van der Waals surface area contributed by atoms with E-state index in [1.54, 1.807) is 62.4 Å². The van der Waals surface area contributed by atoms with Crippen molar-refractivity contribution in [2.75, 3.05) is 5.43 Å². The van der Waals surface area contributed by atoms with Gasteiger partial charge in [-0.1, -0.05) is 31.9 Å². The Balaban J connectivity index is 1.94. The number of rotatable bonds is 3. The van der Waals surface area contributed by atoms with Gasteiger partial charge in [0, 0.05) is 33.9 Å². The molecular formula is C18H15Br2N4O2+. The second-order valence-electron chi connectivity index (χ2n) is 5.63. The van der Waals surface area contributed by atoms with Gasteiger partial charge in [0.25, 0.3) is 5.91 Å². The largest absolute Gasteiger partial charge is 0.339 e. The summed E-state index contributed by atoms with van der Waals surface area (Å²) in [5.74, 6) is -0.680. The van der Waals surface area contributed by atoms with Crippen molar-refractivity contribution in [3.8, 4) is 0 Å². The van der Waals surface area contributed by atoms with Crippen molar-refractivity contribution in [3.63, 3.8) is 0 Å². The summed E-state index contributed by atoms with van der Waals surface area (Å²) in [6.45, 7) is 3.57. The van der Waals surface area contributed by atoms with Crippen LogP contribution in [0.3, 0.4) is 0 Å². The molecule has 1 amide bonds. The van der Waals surface area contributed by atoms with Crippen LogP contribution in [0.1, 0.15) is 32.1 Å². The first-order valence-corrected chi connectivity index (χ1v) is 9.31. The smallest absolute Gasteiger partial charge is 0.266 e. The number of benzene rings is 2. The Bertz CT molecular complexity index is 980. The summed E-state index contributed by atoms with van der Waals surface area (Å²) in [6.07, 6.45) is 0. The molecule has 0 bridgehead atoms. The van der Waals surface area contributed by atoms with Gasteiger partial charge in [-0.15, -0.1) is 0 Å². The molecule has 0 aliphatic rings. The summed E-state index contributed by atoms with van der Waals surface area (Å²) < 4.78 is 1.75. The molecule has 0 unspecified atom stereocenters. The van der Waals surface area contributed by atoms with Gasteiger partial charge in [0.2, 0.25) is 11.4 Å². The molecule has 0 saturated heterocycles. The molecule has 0 fully saturated rings. The van der Waals surface area contributed by atoms with Crippen LogP contribution in [0, 0.1) is 13.8 Å².